The molecule has 0 aliphatic carbocycles. The number of nitrogens with zero attached hydrogens (tertiary/aromatic N) is 1. The van der Waals surface area contributed by atoms with Gasteiger partial charge in [-0.25, -0.2) is 8.42 Å². The van der Waals surface area contributed by atoms with E-state index in [4.69, 9.17) is 11.6 Å². The molecule has 6 nitrogen and oxygen atoms in total. The topological polar surface area (TPSA) is 89.3 Å². The summed E-state index contributed by atoms with van der Waals surface area (Å²) < 4.78 is 27.6. The van der Waals surface area contributed by atoms with E-state index in [0.717, 1.165) is 10.5 Å². The van der Waals surface area contributed by atoms with Gasteiger partial charge in [0.05, 0.1) is 15.5 Å². The van der Waals surface area contributed by atoms with E-state index in [0.29, 0.717) is 9.92 Å². The van der Waals surface area contributed by atoms with Crippen molar-refractivity contribution in [2.24, 2.45) is 0 Å². The van der Waals surface area contributed by atoms with Gasteiger partial charge in [0.15, 0.2) is 0 Å². The Kier molecular flexibility index (Phi) is 5.93. The van der Waals surface area contributed by atoms with E-state index < -0.39 is 14.9 Å². The van der Waals surface area contributed by atoms with Crippen LogP contribution < -0.4 is 4.72 Å². The number of rotatable bonds is 6. The average molecular weight is 435 g/mol. The number of anilines is 1. The average Bonchev–Trinajstić information content (AvgIpc) is 2.63. The molecule has 28 heavy (non-hydrogen) atoms. The first kappa shape index (κ1) is 20.2. The molecule has 0 saturated carbocycles. The van der Waals surface area contributed by atoms with E-state index in [1.54, 1.807) is 42.5 Å². The second-order valence-electron chi connectivity index (χ2n) is 5.95. The first-order valence-corrected chi connectivity index (χ1v) is 10.7. The lowest BCUT2D eigenvalue weighted by atomic mass is 10.2. The normalized spacial score (nSPS) is 11.2. The van der Waals surface area contributed by atoms with E-state index in [1.807, 2.05) is 6.92 Å². The molecule has 3 rings (SSSR count). The Hall–Kier alpha value is -2.55. The van der Waals surface area contributed by atoms with Crippen molar-refractivity contribution in [1.29, 1.82) is 0 Å². The van der Waals surface area contributed by atoms with Crippen LogP contribution in [0.1, 0.15) is 5.56 Å². The number of hydrogen-bond acceptors (Lipinski definition) is 5. The Bertz CT molecular complexity index is 1120. The first-order valence-electron chi connectivity index (χ1n) is 8.05. The van der Waals surface area contributed by atoms with Crippen molar-refractivity contribution >= 4 is 44.8 Å². The van der Waals surface area contributed by atoms with Gasteiger partial charge in [-0.15, -0.1) is 0 Å². The van der Waals surface area contributed by atoms with E-state index in [9.17, 15) is 18.5 Å². The predicted octanol–water partition coefficient (Wildman–Crippen LogP) is 5.51. The molecule has 0 atom stereocenters. The Morgan fingerprint density at radius 3 is 2.21 bits per heavy atom. The van der Waals surface area contributed by atoms with Gasteiger partial charge in [-0.2, -0.15) is 0 Å². The summed E-state index contributed by atoms with van der Waals surface area (Å²) in [7, 11) is -3.87. The maximum atomic E-state index is 12.6. The van der Waals surface area contributed by atoms with Crippen molar-refractivity contribution in [2.75, 3.05) is 4.72 Å². The number of halogens is 1. The van der Waals surface area contributed by atoms with Crippen LogP contribution in [0.3, 0.4) is 0 Å². The van der Waals surface area contributed by atoms with Crippen molar-refractivity contribution in [3.05, 3.63) is 87.4 Å². The fourth-order valence-corrected chi connectivity index (χ4v) is 4.45. The molecule has 3 aromatic rings. The zero-order chi connectivity index (χ0) is 20.3. The third kappa shape index (κ3) is 5.03. The lowest BCUT2D eigenvalue weighted by molar-refractivity contribution is -0.385. The predicted molar refractivity (Wildman–Crippen MR) is 111 cm³/mol. The quantitative estimate of drug-likeness (QED) is 0.408. The van der Waals surface area contributed by atoms with Gasteiger partial charge in [0.1, 0.15) is 0 Å². The summed E-state index contributed by atoms with van der Waals surface area (Å²) in [6.45, 7) is 1.85. The molecule has 0 saturated heterocycles. The molecule has 0 bridgehead atoms. The fraction of sp³-hybridized carbons (Fsp3) is 0.0526. The Morgan fingerprint density at radius 2 is 1.61 bits per heavy atom. The molecule has 9 heteroatoms. The zero-order valence-corrected chi connectivity index (χ0v) is 17.0. The van der Waals surface area contributed by atoms with Crippen molar-refractivity contribution in [3.8, 4) is 0 Å². The van der Waals surface area contributed by atoms with Crippen LogP contribution in [-0.2, 0) is 10.0 Å². The Morgan fingerprint density at radius 1 is 0.964 bits per heavy atom. The number of nitro benzene ring substituents is 1. The van der Waals surface area contributed by atoms with E-state index in [-0.39, 0.29) is 16.3 Å². The van der Waals surface area contributed by atoms with Gasteiger partial charge in [0, 0.05) is 26.9 Å². The van der Waals surface area contributed by atoms with Crippen LogP contribution in [0.4, 0.5) is 11.4 Å². The summed E-state index contributed by atoms with van der Waals surface area (Å²) in [6.07, 6.45) is 0. The highest BCUT2D eigenvalue weighted by Crippen LogP contribution is 2.34. The minimum Gasteiger partial charge on any atom is -0.279 e. The lowest BCUT2D eigenvalue weighted by Gasteiger charge is -2.10. The third-order valence-corrected chi connectivity index (χ3v) is 6.36. The van der Waals surface area contributed by atoms with Gasteiger partial charge in [0.2, 0.25) is 0 Å². The van der Waals surface area contributed by atoms with E-state index in [2.05, 4.69) is 4.72 Å². The molecule has 0 aromatic heterocycles. The molecule has 0 aliphatic rings. The zero-order valence-electron chi connectivity index (χ0n) is 14.6. The molecular weight excluding hydrogens is 420 g/mol. The molecule has 144 valence electrons. The van der Waals surface area contributed by atoms with Gasteiger partial charge < -0.3 is 0 Å². The van der Waals surface area contributed by atoms with Gasteiger partial charge in [-0.05, 0) is 49.4 Å². The summed E-state index contributed by atoms with van der Waals surface area (Å²) in [5, 5.41) is 11.9. The van der Waals surface area contributed by atoms with E-state index in [1.165, 1.54) is 36.0 Å². The van der Waals surface area contributed by atoms with Crippen molar-refractivity contribution in [1.82, 2.24) is 0 Å². The summed E-state index contributed by atoms with van der Waals surface area (Å²) in [6, 6.07) is 17.5. The maximum Gasteiger partial charge on any atom is 0.272 e. The second-order valence-corrected chi connectivity index (χ2v) is 9.21. The van der Waals surface area contributed by atoms with Crippen LogP contribution in [-0.4, -0.2) is 13.3 Å². The standard InChI is InChI=1S/C19H15ClN2O4S2/c1-13-2-8-19(9-3-13)28(25,26)21-15-10-16(22(23)24)12-18(11-15)27-17-6-4-14(20)5-7-17/h2-12,21H,1H3. The lowest BCUT2D eigenvalue weighted by Crippen LogP contribution is -2.13. The Balaban J connectivity index is 1.93. The molecule has 0 fully saturated rings. The molecule has 3 aromatic carbocycles. The van der Waals surface area contributed by atoms with Crippen LogP contribution in [0.2, 0.25) is 5.02 Å². The van der Waals surface area contributed by atoms with Gasteiger partial charge in [-0.3, -0.25) is 14.8 Å². The van der Waals surface area contributed by atoms with Gasteiger partial charge in [0.25, 0.3) is 15.7 Å². The Labute approximate surface area is 171 Å². The van der Waals surface area contributed by atoms with Gasteiger partial charge >= 0.3 is 0 Å². The highest BCUT2D eigenvalue weighted by atomic mass is 35.5. The van der Waals surface area contributed by atoms with Crippen LogP contribution in [0.5, 0.6) is 0 Å². The van der Waals surface area contributed by atoms with Crippen molar-refractivity contribution in [3.63, 3.8) is 0 Å². The smallest absolute Gasteiger partial charge is 0.272 e. The monoisotopic (exact) mass is 434 g/mol. The molecule has 1 N–H and O–H groups in total. The highest BCUT2D eigenvalue weighted by Gasteiger charge is 2.17. The molecule has 0 spiro atoms. The molecule has 0 amide bonds. The number of sulfonamides is 1. The molecule has 0 heterocycles. The summed E-state index contributed by atoms with van der Waals surface area (Å²) >= 11 is 7.14. The summed E-state index contributed by atoms with van der Waals surface area (Å²) in [5.74, 6) is 0. The number of aryl methyl sites for hydroxylation is 1. The van der Waals surface area contributed by atoms with Crippen LogP contribution in [0, 0.1) is 17.0 Å². The summed E-state index contributed by atoms with van der Waals surface area (Å²) in [5.41, 5.74) is 0.836. The fourth-order valence-electron chi connectivity index (χ4n) is 2.38. The number of nitro groups is 1. The second kappa shape index (κ2) is 8.22. The third-order valence-electron chi connectivity index (χ3n) is 3.73. The van der Waals surface area contributed by atoms with Crippen molar-refractivity contribution < 1.29 is 13.3 Å². The molecule has 0 radical (unpaired) electrons. The number of non-ortho nitro benzene ring substituents is 1. The molecular formula is C19H15ClN2O4S2. The SMILES string of the molecule is Cc1ccc(S(=O)(=O)Nc2cc(Sc3ccc(Cl)cc3)cc([N+](=O)[O-])c2)cc1. The van der Waals surface area contributed by atoms with E-state index >= 15 is 0 Å². The first-order chi connectivity index (χ1) is 13.2. The summed E-state index contributed by atoms with van der Waals surface area (Å²) in [4.78, 5) is 12.1. The molecule has 0 unspecified atom stereocenters. The van der Waals surface area contributed by atoms with Crippen molar-refractivity contribution in [2.45, 2.75) is 21.6 Å². The van der Waals surface area contributed by atoms with Crippen LogP contribution in [0.15, 0.2) is 81.4 Å². The highest BCUT2D eigenvalue weighted by molar-refractivity contribution is 7.99. The van der Waals surface area contributed by atoms with Crippen LogP contribution in [0.25, 0.3) is 0 Å². The largest absolute Gasteiger partial charge is 0.279 e. The van der Waals surface area contributed by atoms with Gasteiger partial charge in [-0.1, -0.05) is 41.1 Å². The minimum absolute atomic E-state index is 0.0801. The van der Waals surface area contributed by atoms with Crippen LogP contribution >= 0.6 is 23.4 Å². The maximum absolute atomic E-state index is 12.6. The number of nitrogens with one attached hydrogen (secondary N) is 1. The number of hydrogen-bond donors (Lipinski definition) is 1. The molecule has 0 aliphatic heterocycles. The minimum atomic E-state index is -3.87. The number of benzene rings is 3.